The van der Waals surface area contributed by atoms with Crippen LogP contribution in [-0.4, -0.2) is 39.5 Å². The molecule has 1 aliphatic rings. The van der Waals surface area contributed by atoms with Gasteiger partial charge in [-0.05, 0) is 53.7 Å². The van der Waals surface area contributed by atoms with Crippen LogP contribution in [0.4, 0.5) is 0 Å². The fourth-order valence-electron chi connectivity index (χ4n) is 4.85. The first-order chi connectivity index (χ1) is 16.2. The second-order valence-corrected chi connectivity index (χ2v) is 8.49. The van der Waals surface area contributed by atoms with E-state index >= 15 is 0 Å². The predicted octanol–water partition coefficient (Wildman–Crippen LogP) is 4.81. The summed E-state index contributed by atoms with van der Waals surface area (Å²) < 4.78 is 4.70. The molecular formula is C27H28N4O2. The van der Waals surface area contributed by atoms with E-state index in [9.17, 15) is 4.79 Å². The number of imidazole rings is 1. The number of para-hydroxylation sites is 1. The van der Waals surface area contributed by atoms with Crippen molar-refractivity contribution in [2.45, 2.75) is 31.8 Å². The molecule has 2 heterocycles. The highest BCUT2D eigenvalue weighted by molar-refractivity contribution is 5.87. The molecular weight excluding hydrogens is 412 g/mol. The van der Waals surface area contributed by atoms with Crippen molar-refractivity contribution in [3.8, 4) is 0 Å². The number of ether oxygens (including phenoxy) is 1. The zero-order valence-electron chi connectivity index (χ0n) is 18.8. The summed E-state index contributed by atoms with van der Waals surface area (Å²) in [7, 11) is 1.39. The van der Waals surface area contributed by atoms with Gasteiger partial charge in [0.2, 0.25) is 0 Å². The van der Waals surface area contributed by atoms with Gasteiger partial charge < -0.3 is 14.7 Å². The molecule has 4 aromatic rings. The van der Waals surface area contributed by atoms with E-state index in [2.05, 4.69) is 68.5 Å². The van der Waals surface area contributed by atoms with Crippen LogP contribution in [0.25, 0.3) is 17.0 Å². The third-order valence-electron chi connectivity index (χ3n) is 6.52. The molecule has 33 heavy (non-hydrogen) atoms. The Balaban J connectivity index is 1.37. The lowest BCUT2D eigenvalue weighted by molar-refractivity contribution is -0.134. The van der Waals surface area contributed by atoms with Crippen molar-refractivity contribution in [3.63, 3.8) is 0 Å². The van der Waals surface area contributed by atoms with E-state index in [1.165, 1.54) is 40.8 Å². The van der Waals surface area contributed by atoms with Crippen molar-refractivity contribution in [3.05, 3.63) is 95.2 Å². The molecule has 6 nitrogen and oxygen atoms in total. The first-order valence-corrected chi connectivity index (χ1v) is 11.4. The van der Waals surface area contributed by atoms with Gasteiger partial charge >= 0.3 is 5.97 Å². The first kappa shape index (κ1) is 21.2. The number of fused-ring (bicyclic) bond motifs is 2. The number of hydrogen-bond acceptors (Lipinski definition) is 4. The SMILES string of the molecule is COC(=O)/C=C/c1ccc2c(c1)CCC2N(CCc1c[nH]c2ccccc12)Cc1ncc[nH]1. The molecule has 1 aliphatic carbocycles. The molecule has 0 fully saturated rings. The highest BCUT2D eigenvalue weighted by Gasteiger charge is 2.28. The maximum Gasteiger partial charge on any atom is 0.330 e. The standard InChI is InChI=1S/C27H28N4O2/c1-33-27(32)11-7-19-6-9-23-20(16-19)8-10-25(23)31(18-26-28-13-14-29-26)15-12-21-17-30-24-5-3-2-4-22(21)24/h2-7,9,11,13-14,16-17,25,30H,8,10,12,15,18H2,1H3,(H,28,29)/b11-7+. The van der Waals surface area contributed by atoms with Crippen LogP contribution >= 0.6 is 0 Å². The van der Waals surface area contributed by atoms with Crippen molar-refractivity contribution >= 4 is 22.9 Å². The zero-order chi connectivity index (χ0) is 22.6. The number of nitrogens with one attached hydrogen (secondary N) is 2. The monoisotopic (exact) mass is 440 g/mol. The Morgan fingerprint density at radius 1 is 1.24 bits per heavy atom. The van der Waals surface area contributed by atoms with Crippen molar-refractivity contribution in [2.24, 2.45) is 0 Å². The highest BCUT2D eigenvalue weighted by Crippen LogP contribution is 2.37. The molecule has 1 unspecified atom stereocenters. The maximum atomic E-state index is 11.4. The molecule has 0 radical (unpaired) electrons. The van der Waals surface area contributed by atoms with E-state index < -0.39 is 0 Å². The number of benzene rings is 2. The molecule has 6 heteroatoms. The lowest BCUT2D eigenvalue weighted by Crippen LogP contribution is -2.29. The third-order valence-corrected chi connectivity index (χ3v) is 6.52. The maximum absolute atomic E-state index is 11.4. The summed E-state index contributed by atoms with van der Waals surface area (Å²) >= 11 is 0. The minimum absolute atomic E-state index is 0.338. The van der Waals surface area contributed by atoms with Crippen LogP contribution in [0.2, 0.25) is 0 Å². The van der Waals surface area contributed by atoms with E-state index in [1.807, 2.05) is 18.5 Å². The molecule has 0 saturated carbocycles. The van der Waals surface area contributed by atoms with E-state index in [0.717, 1.165) is 43.7 Å². The smallest absolute Gasteiger partial charge is 0.330 e. The second-order valence-electron chi connectivity index (χ2n) is 8.49. The molecule has 2 aromatic heterocycles. The third kappa shape index (κ3) is 4.61. The number of aryl methyl sites for hydroxylation is 1. The number of aromatic nitrogens is 3. The molecule has 0 aliphatic heterocycles. The van der Waals surface area contributed by atoms with Gasteiger partial charge in [0, 0.05) is 48.2 Å². The van der Waals surface area contributed by atoms with Crippen LogP contribution in [-0.2, 0) is 28.9 Å². The van der Waals surface area contributed by atoms with Gasteiger partial charge in [-0.25, -0.2) is 9.78 Å². The Labute approximate surface area is 193 Å². The fraction of sp³-hybridized carbons (Fsp3) is 0.259. The summed E-state index contributed by atoms with van der Waals surface area (Å²) in [5.41, 5.74) is 6.27. The summed E-state index contributed by atoms with van der Waals surface area (Å²) in [5, 5.41) is 1.30. The molecule has 1 atom stereocenters. The predicted molar refractivity (Wildman–Crippen MR) is 130 cm³/mol. The molecule has 5 rings (SSSR count). The molecule has 168 valence electrons. The van der Waals surface area contributed by atoms with Gasteiger partial charge in [-0.3, -0.25) is 4.90 Å². The lowest BCUT2D eigenvalue weighted by Gasteiger charge is -2.29. The number of rotatable bonds is 8. The number of methoxy groups -OCH3 is 1. The summed E-state index contributed by atoms with van der Waals surface area (Å²) in [6.07, 6.45) is 12.2. The number of carbonyl (C=O) groups is 1. The molecule has 0 saturated heterocycles. The largest absolute Gasteiger partial charge is 0.466 e. The van der Waals surface area contributed by atoms with E-state index in [1.54, 1.807) is 0 Å². The van der Waals surface area contributed by atoms with Crippen molar-refractivity contribution in [2.75, 3.05) is 13.7 Å². The van der Waals surface area contributed by atoms with Gasteiger partial charge in [0.1, 0.15) is 5.82 Å². The summed E-state index contributed by atoms with van der Waals surface area (Å²) in [6.45, 7) is 1.72. The van der Waals surface area contributed by atoms with Gasteiger partial charge in [-0.2, -0.15) is 0 Å². The number of H-pyrrole nitrogens is 2. The molecule has 0 amide bonds. The van der Waals surface area contributed by atoms with Crippen LogP contribution in [0.1, 0.15) is 40.5 Å². The lowest BCUT2D eigenvalue weighted by atomic mass is 10.0. The van der Waals surface area contributed by atoms with E-state index in [-0.39, 0.29) is 5.97 Å². The number of esters is 1. The van der Waals surface area contributed by atoms with Gasteiger partial charge in [0.15, 0.2) is 0 Å². The Morgan fingerprint density at radius 3 is 3.00 bits per heavy atom. The Morgan fingerprint density at radius 2 is 2.15 bits per heavy atom. The summed E-state index contributed by atoms with van der Waals surface area (Å²) in [5.74, 6) is 0.648. The van der Waals surface area contributed by atoms with Gasteiger partial charge in [-0.15, -0.1) is 0 Å². The molecule has 2 N–H and O–H groups in total. The average molecular weight is 441 g/mol. The molecule has 2 aromatic carbocycles. The van der Waals surface area contributed by atoms with E-state index in [0.29, 0.717) is 6.04 Å². The van der Waals surface area contributed by atoms with Crippen LogP contribution < -0.4 is 0 Å². The Bertz CT molecular complexity index is 1270. The fourth-order valence-corrected chi connectivity index (χ4v) is 4.85. The second kappa shape index (κ2) is 9.46. The van der Waals surface area contributed by atoms with Crippen molar-refractivity contribution in [1.29, 1.82) is 0 Å². The summed E-state index contributed by atoms with van der Waals surface area (Å²) in [6, 6.07) is 15.3. The van der Waals surface area contributed by atoms with Crippen molar-refractivity contribution in [1.82, 2.24) is 19.9 Å². The Hall–Kier alpha value is -3.64. The minimum Gasteiger partial charge on any atom is -0.466 e. The first-order valence-electron chi connectivity index (χ1n) is 11.4. The Kier molecular flexibility index (Phi) is 6.09. The minimum atomic E-state index is -0.338. The number of nitrogens with zero attached hydrogens (tertiary/aromatic N) is 2. The van der Waals surface area contributed by atoms with Crippen LogP contribution in [0.5, 0.6) is 0 Å². The van der Waals surface area contributed by atoms with Crippen LogP contribution in [0.15, 0.2) is 67.1 Å². The van der Waals surface area contributed by atoms with Crippen LogP contribution in [0.3, 0.4) is 0 Å². The van der Waals surface area contributed by atoms with Gasteiger partial charge in [0.05, 0.1) is 13.7 Å². The molecule has 0 spiro atoms. The van der Waals surface area contributed by atoms with Gasteiger partial charge in [0.25, 0.3) is 0 Å². The van der Waals surface area contributed by atoms with E-state index in [4.69, 9.17) is 4.74 Å². The number of aromatic amines is 2. The zero-order valence-corrected chi connectivity index (χ0v) is 18.8. The average Bonchev–Trinajstić information content (AvgIpc) is 3.60. The molecule has 0 bridgehead atoms. The number of hydrogen-bond donors (Lipinski definition) is 2. The quantitative estimate of drug-likeness (QED) is 0.305. The normalized spacial score (nSPS) is 15.5. The van der Waals surface area contributed by atoms with Crippen molar-refractivity contribution < 1.29 is 9.53 Å². The topological polar surface area (TPSA) is 74.0 Å². The van der Waals surface area contributed by atoms with Crippen LogP contribution in [0, 0.1) is 0 Å². The summed E-state index contributed by atoms with van der Waals surface area (Å²) in [4.78, 5) is 25.1. The van der Waals surface area contributed by atoms with Gasteiger partial charge in [-0.1, -0.05) is 36.4 Å². The highest BCUT2D eigenvalue weighted by atomic mass is 16.5. The number of carbonyl (C=O) groups excluding carboxylic acids is 1.